The SMILES string of the molecule is CCCOCCCN1CCC(CNC(C)C)C1. The van der Waals surface area contributed by atoms with Gasteiger partial charge in [0.25, 0.3) is 0 Å². The second-order valence-electron chi connectivity index (χ2n) is 5.48. The molecular weight excluding hydrogens is 212 g/mol. The van der Waals surface area contributed by atoms with Crippen molar-refractivity contribution in [2.45, 2.75) is 46.1 Å². The van der Waals surface area contributed by atoms with E-state index in [1.165, 1.54) is 39.0 Å². The second-order valence-corrected chi connectivity index (χ2v) is 5.48. The molecule has 0 aromatic carbocycles. The quantitative estimate of drug-likeness (QED) is 0.627. The van der Waals surface area contributed by atoms with Crippen LogP contribution in [0, 0.1) is 5.92 Å². The molecule has 1 aliphatic rings. The fourth-order valence-electron chi connectivity index (χ4n) is 2.32. The normalized spacial score (nSPS) is 21.5. The van der Waals surface area contributed by atoms with Crippen molar-refractivity contribution in [3.8, 4) is 0 Å². The molecule has 1 aliphatic heterocycles. The number of nitrogens with zero attached hydrogens (tertiary/aromatic N) is 1. The predicted molar refractivity (Wildman–Crippen MR) is 73.4 cm³/mol. The fourth-order valence-corrected chi connectivity index (χ4v) is 2.32. The summed E-state index contributed by atoms with van der Waals surface area (Å²) in [7, 11) is 0. The highest BCUT2D eigenvalue weighted by Crippen LogP contribution is 2.15. The molecule has 0 aromatic rings. The summed E-state index contributed by atoms with van der Waals surface area (Å²) >= 11 is 0. The Morgan fingerprint density at radius 3 is 2.88 bits per heavy atom. The highest BCUT2D eigenvalue weighted by Gasteiger charge is 2.21. The van der Waals surface area contributed by atoms with E-state index in [9.17, 15) is 0 Å². The van der Waals surface area contributed by atoms with Crippen molar-refractivity contribution in [3.63, 3.8) is 0 Å². The van der Waals surface area contributed by atoms with Crippen LogP contribution in [0.4, 0.5) is 0 Å². The molecule has 0 aromatic heterocycles. The molecule has 1 saturated heterocycles. The van der Waals surface area contributed by atoms with Crippen LogP contribution in [0.15, 0.2) is 0 Å². The maximum Gasteiger partial charge on any atom is 0.0478 e. The minimum absolute atomic E-state index is 0.617. The largest absolute Gasteiger partial charge is 0.381 e. The molecule has 1 atom stereocenters. The van der Waals surface area contributed by atoms with E-state index in [1.807, 2.05) is 0 Å². The maximum atomic E-state index is 5.51. The molecule has 1 heterocycles. The minimum atomic E-state index is 0.617. The average molecular weight is 242 g/mol. The molecule has 0 saturated carbocycles. The van der Waals surface area contributed by atoms with Gasteiger partial charge in [-0.05, 0) is 38.3 Å². The summed E-state index contributed by atoms with van der Waals surface area (Å²) in [5.41, 5.74) is 0. The van der Waals surface area contributed by atoms with Crippen LogP contribution in [0.3, 0.4) is 0 Å². The topological polar surface area (TPSA) is 24.5 Å². The monoisotopic (exact) mass is 242 g/mol. The zero-order chi connectivity index (χ0) is 12.5. The summed E-state index contributed by atoms with van der Waals surface area (Å²) < 4.78 is 5.51. The van der Waals surface area contributed by atoms with Crippen LogP contribution in [-0.2, 0) is 4.74 Å². The first-order valence-electron chi connectivity index (χ1n) is 7.25. The second kappa shape index (κ2) is 8.90. The highest BCUT2D eigenvalue weighted by molar-refractivity contribution is 4.77. The summed E-state index contributed by atoms with van der Waals surface area (Å²) in [5.74, 6) is 0.856. The number of ether oxygens (including phenoxy) is 1. The summed E-state index contributed by atoms with van der Waals surface area (Å²) in [6, 6.07) is 0.617. The van der Waals surface area contributed by atoms with Crippen LogP contribution in [0.2, 0.25) is 0 Å². The van der Waals surface area contributed by atoms with E-state index in [1.54, 1.807) is 0 Å². The lowest BCUT2D eigenvalue weighted by Gasteiger charge is -2.17. The third-order valence-corrected chi connectivity index (χ3v) is 3.30. The Balaban J connectivity index is 1.97. The Hall–Kier alpha value is -0.120. The first-order chi connectivity index (χ1) is 8.22. The number of hydrogen-bond acceptors (Lipinski definition) is 3. The van der Waals surface area contributed by atoms with Gasteiger partial charge in [0.15, 0.2) is 0 Å². The molecule has 0 spiro atoms. The van der Waals surface area contributed by atoms with Crippen LogP contribution in [-0.4, -0.2) is 50.3 Å². The maximum absolute atomic E-state index is 5.51. The van der Waals surface area contributed by atoms with Gasteiger partial charge in [-0.2, -0.15) is 0 Å². The number of hydrogen-bond donors (Lipinski definition) is 1. The van der Waals surface area contributed by atoms with Gasteiger partial charge in [-0.15, -0.1) is 0 Å². The standard InChI is InChI=1S/C14H30N2O/c1-4-9-17-10-5-7-16-8-6-14(12-16)11-15-13(2)3/h13-15H,4-12H2,1-3H3. The van der Waals surface area contributed by atoms with Gasteiger partial charge in [0.05, 0.1) is 0 Å². The predicted octanol–water partition coefficient (Wildman–Crippen LogP) is 2.12. The lowest BCUT2D eigenvalue weighted by Crippen LogP contribution is -2.31. The van der Waals surface area contributed by atoms with Crippen molar-refractivity contribution in [1.29, 1.82) is 0 Å². The molecule has 17 heavy (non-hydrogen) atoms. The Morgan fingerprint density at radius 2 is 2.18 bits per heavy atom. The summed E-state index contributed by atoms with van der Waals surface area (Å²) in [6.07, 6.45) is 3.67. The van der Waals surface area contributed by atoms with Gasteiger partial charge in [0, 0.05) is 32.3 Å². The molecule has 0 radical (unpaired) electrons. The van der Waals surface area contributed by atoms with E-state index >= 15 is 0 Å². The molecule has 1 N–H and O–H groups in total. The highest BCUT2D eigenvalue weighted by atomic mass is 16.5. The molecule has 1 rings (SSSR count). The Kier molecular flexibility index (Phi) is 7.82. The van der Waals surface area contributed by atoms with Gasteiger partial charge in [-0.3, -0.25) is 0 Å². The lowest BCUT2D eigenvalue weighted by molar-refractivity contribution is 0.123. The van der Waals surface area contributed by atoms with Crippen LogP contribution in [0.5, 0.6) is 0 Å². The van der Waals surface area contributed by atoms with Crippen LogP contribution in [0.25, 0.3) is 0 Å². The minimum Gasteiger partial charge on any atom is -0.381 e. The first-order valence-corrected chi connectivity index (χ1v) is 7.25. The van der Waals surface area contributed by atoms with Crippen molar-refractivity contribution in [2.75, 3.05) is 39.4 Å². The molecule has 0 bridgehead atoms. The smallest absolute Gasteiger partial charge is 0.0478 e. The van der Waals surface area contributed by atoms with Crippen molar-refractivity contribution in [1.82, 2.24) is 10.2 Å². The average Bonchev–Trinajstić information content (AvgIpc) is 2.74. The third kappa shape index (κ3) is 7.02. The number of rotatable bonds is 9. The third-order valence-electron chi connectivity index (χ3n) is 3.30. The fraction of sp³-hybridized carbons (Fsp3) is 1.00. The van der Waals surface area contributed by atoms with E-state index < -0.39 is 0 Å². The van der Waals surface area contributed by atoms with Gasteiger partial charge in [0.2, 0.25) is 0 Å². The van der Waals surface area contributed by atoms with E-state index in [0.29, 0.717) is 6.04 Å². The van der Waals surface area contributed by atoms with Crippen molar-refractivity contribution >= 4 is 0 Å². The first kappa shape index (κ1) is 14.9. The van der Waals surface area contributed by atoms with Crippen LogP contribution >= 0.6 is 0 Å². The van der Waals surface area contributed by atoms with Gasteiger partial charge in [-0.1, -0.05) is 20.8 Å². The Morgan fingerprint density at radius 1 is 1.35 bits per heavy atom. The van der Waals surface area contributed by atoms with E-state index in [0.717, 1.165) is 25.6 Å². The molecule has 1 fully saturated rings. The lowest BCUT2D eigenvalue weighted by atomic mass is 10.1. The Bertz CT molecular complexity index is 185. The van der Waals surface area contributed by atoms with Crippen LogP contribution < -0.4 is 5.32 Å². The zero-order valence-electron chi connectivity index (χ0n) is 11.9. The summed E-state index contributed by atoms with van der Waals surface area (Å²) in [6.45, 7) is 13.4. The summed E-state index contributed by atoms with van der Waals surface area (Å²) in [4.78, 5) is 2.59. The molecule has 0 amide bonds. The van der Waals surface area contributed by atoms with E-state index in [-0.39, 0.29) is 0 Å². The van der Waals surface area contributed by atoms with Gasteiger partial charge < -0.3 is 15.0 Å². The van der Waals surface area contributed by atoms with Gasteiger partial charge >= 0.3 is 0 Å². The van der Waals surface area contributed by atoms with Crippen LogP contribution in [0.1, 0.15) is 40.0 Å². The van der Waals surface area contributed by atoms with E-state index in [2.05, 4.69) is 31.0 Å². The molecule has 102 valence electrons. The van der Waals surface area contributed by atoms with Gasteiger partial charge in [0.1, 0.15) is 0 Å². The summed E-state index contributed by atoms with van der Waals surface area (Å²) in [5, 5.41) is 3.54. The van der Waals surface area contributed by atoms with Gasteiger partial charge in [-0.25, -0.2) is 0 Å². The van der Waals surface area contributed by atoms with Crippen molar-refractivity contribution in [3.05, 3.63) is 0 Å². The zero-order valence-corrected chi connectivity index (χ0v) is 11.9. The number of likely N-dealkylation sites (tertiary alicyclic amines) is 1. The molecular formula is C14H30N2O. The molecule has 1 unspecified atom stereocenters. The molecule has 3 heteroatoms. The molecule has 3 nitrogen and oxygen atoms in total. The van der Waals surface area contributed by atoms with Crippen molar-refractivity contribution < 1.29 is 4.74 Å². The molecule has 0 aliphatic carbocycles. The Labute approximate surface area is 107 Å². The van der Waals surface area contributed by atoms with Crippen molar-refractivity contribution in [2.24, 2.45) is 5.92 Å². The number of nitrogens with one attached hydrogen (secondary N) is 1. The van der Waals surface area contributed by atoms with E-state index in [4.69, 9.17) is 4.74 Å².